The summed E-state index contributed by atoms with van der Waals surface area (Å²) in [6.07, 6.45) is -2.65. The van der Waals surface area contributed by atoms with Gasteiger partial charge in [0, 0.05) is 32.7 Å². The van der Waals surface area contributed by atoms with Crippen LogP contribution in [0.25, 0.3) is 0 Å². The van der Waals surface area contributed by atoms with E-state index in [4.69, 9.17) is 33.2 Å². The molecular formula is C50H73N3O12. The summed E-state index contributed by atoms with van der Waals surface area (Å²) < 4.78 is 43.9. The van der Waals surface area contributed by atoms with Crippen LogP contribution in [-0.2, 0) is 49.4 Å². The van der Waals surface area contributed by atoms with Crippen LogP contribution in [0, 0.1) is 23.2 Å². The highest BCUT2D eigenvalue weighted by Crippen LogP contribution is 2.40. The molecule has 3 fully saturated rings. The summed E-state index contributed by atoms with van der Waals surface area (Å²) in [6.45, 7) is 16.7. The zero-order valence-corrected chi connectivity index (χ0v) is 40.6. The van der Waals surface area contributed by atoms with Crippen LogP contribution in [0.4, 0.5) is 9.59 Å². The Morgan fingerprint density at radius 3 is 2.09 bits per heavy atom. The summed E-state index contributed by atoms with van der Waals surface area (Å²) in [4.78, 5) is 75.7. The average Bonchev–Trinajstić information content (AvgIpc) is 3.26. The first-order chi connectivity index (χ1) is 30.5. The van der Waals surface area contributed by atoms with E-state index >= 15 is 0 Å². The predicted octanol–water partition coefficient (Wildman–Crippen LogP) is 7.54. The lowest BCUT2D eigenvalue weighted by molar-refractivity contribution is -0.295. The number of likely N-dealkylation sites (tertiary alicyclic amines) is 1. The number of ether oxygens (including phenoxy) is 7. The van der Waals surface area contributed by atoms with Crippen LogP contribution in [-0.4, -0.2) is 140 Å². The largest absolute Gasteiger partial charge is 0.463 e. The van der Waals surface area contributed by atoms with Crippen molar-refractivity contribution < 1.29 is 57.1 Å². The first kappa shape index (κ1) is 51.4. The SMILES string of the molecule is CO[C@]1(C)C[C@@H](C)CN(C(=O)OCc2ccccc2)[C@H](C2CCN(C(=O)OC(C)(C)C)CC2)COC(=O)C(C)(C)C(=O)[C@H](C)[C@H]1O[C@@H]1O[C@H](C)C[C@H](N(C)C)[C@H]1OC(=O)c1ccccc1. The number of nitrogens with zero attached hydrogens (tertiary/aromatic N) is 3. The minimum absolute atomic E-state index is 0.0165. The van der Waals surface area contributed by atoms with E-state index in [9.17, 15) is 24.0 Å². The molecule has 2 amide bonds. The standard InChI is InChI=1S/C50H73N3O12/c1-32-28-50(9,59-12)42(64-44-40(38(51(10)11)27-33(2)62-44)63-43(55)37-21-17-14-18-22-37)34(3)41(54)49(7,8)45(56)60-31-39(36-23-25-52(26-24-36)46(57)65-48(4,5)6)53(29-32)47(58)61-30-35-19-15-13-16-20-35/h13-22,32-34,36,38-40,42,44H,23-31H2,1-12H3/t32-,33-,34+,38+,39+,40-,42-,44+,50-/m1/s1. The highest BCUT2D eigenvalue weighted by atomic mass is 16.7. The summed E-state index contributed by atoms with van der Waals surface area (Å²) in [5.41, 5.74) is -2.41. The summed E-state index contributed by atoms with van der Waals surface area (Å²) in [7, 11) is 5.35. The highest BCUT2D eigenvalue weighted by Gasteiger charge is 2.53. The van der Waals surface area contributed by atoms with Crippen molar-refractivity contribution in [1.29, 1.82) is 0 Å². The Balaban J connectivity index is 1.52. The highest BCUT2D eigenvalue weighted by molar-refractivity contribution is 6.04. The fourth-order valence-electron chi connectivity index (χ4n) is 9.44. The van der Waals surface area contributed by atoms with Gasteiger partial charge < -0.3 is 47.9 Å². The molecule has 2 aromatic rings. The van der Waals surface area contributed by atoms with Gasteiger partial charge in [-0.15, -0.1) is 0 Å². The average molecular weight is 908 g/mol. The summed E-state index contributed by atoms with van der Waals surface area (Å²) in [5.74, 6) is -3.26. The third kappa shape index (κ3) is 13.1. The van der Waals surface area contributed by atoms with Crippen LogP contribution in [0.3, 0.4) is 0 Å². The smallest absolute Gasteiger partial charge is 0.410 e. The van der Waals surface area contributed by atoms with Crippen molar-refractivity contribution in [2.45, 2.75) is 142 Å². The van der Waals surface area contributed by atoms with Crippen molar-refractivity contribution >= 4 is 29.9 Å². The minimum Gasteiger partial charge on any atom is -0.463 e. The Morgan fingerprint density at radius 1 is 0.892 bits per heavy atom. The number of hydrogen-bond acceptors (Lipinski definition) is 13. The molecule has 2 aromatic carbocycles. The number of rotatable bonds is 9. The van der Waals surface area contributed by atoms with Gasteiger partial charge in [0.15, 0.2) is 18.2 Å². The lowest BCUT2D eigenvalue weighted by Gasteiger charge is -2.48. The monoisotopic (exact) mass is 908 g/mol. The second kappa shape index (κ2) is 21.8. The molecule has 15 heteroatoms. The van der Waals surface area contributed by atoms with E-state index in [2.05, 4.69) is 0 Å². The van der Waals surface area contributed by atoms with Crippen molar-refractivity contribution in [2.24, 2.45) is 23.2 Å². The first-order valence-corrected chi connectivity index (χ1v) is 23.0. The van der Waals surface area contributed by atoms with Gasteiger partial charge in [0.2, 0.25) is 0 Å². The van der Waals surface area contributed by atoms with Gasteiger partial charge in [-0.2, -0.15) is 0 Å². The zero-order chi connectivity index (χ0) is 47.9. The Bertz CT molecular complexity index is 1910. The molecule has 0 aliphatic carbocycles. The predicted molar refractivity (Wildman–Crippen MR) is 243 cm³/mol. The van der Waals surface area contributed by atoms with E-state index < -0.39 is 77.0 Å². The van der Waals surface area contributed by atoms with E-state index in [0.717, 1.165) is 5.56 Å². The molecule has 65 heavy (non-hydrogen) atoms. The van der Waals surface area contributed by atoms with E-state index in [1.165, 1.54) is 13.8 Å². The molecule has 15 nitrogen and oxygen atoms in total. The fourth-order valence-corrected chi connectivity index (χ4v) is 9.44. The van der Waals surface area contributed by atoms with Crippen molar-refractivity contribution in [3.05, 3.63) is 71.8 Å². The number of piperidine rings is 1. The number of cyclic esters (lactones) is 1. The fraction of sp³-hybridized carbons (Fsp3) is 0.660. The Morgan fingerprint density at radius 2 is 1.51 bits per heavy atom. The second-order valence-corrected chi connectivity index (χ2v) is 20.1. The number of likely N-dealkylation sites (N-methyl/N-ethyl adjacent to an activating group) is 1. The molecule has 0 saturated carbocycles. The number of carbonyl (C=O) groups excluding carboxylic acids is 5. The van der Waals surface area contributed by atoms with Gasteiger partial charge in [-0.05, 0) is 118 Å². The van der Waals surface area contributed by atoms with Crippen molar-refractivity contribution in [3.63, 3.8) is 0 Å². The quantitative estimate of drug-likeness (QED) is 0.138. The van der Waals surface area contributed by atoms with Crippen LogP contribution in [0.5, 0.6) is 0 Å². The van der Waals surface area contributed by atoms with Crippen LogP contribution in [0.15, 0.2) is 60.7 Å². The van der Waals surface area contributed by atoms with Gasteiger partial charge in [-0.3, -0.25) is 9.59 Å². The number of amides is 2. The zero-order valence-electron chi connectivity index (χ0n) is 40.6. The molecule has 360 valence electrons. The number of benzene rings is 2. The Hall–Kier alpha value is -4.57. The van der Waals surface area contributed by atoms with Crippen molar-refractivity contribution in [2.75, 3.05) is 47.4 Å². The summed E-state index contributed by atoms with van der Waals surface area (Å²) in [6, 6.07) is 17.1. The number of Topliss-reactive ketones (excluding diaryl/α,β-unsaturated/α-hetero) is 1. The number of ketones is 1. The number of hydrogen-bond donors (Lipinski definition) is 0. The molecule has 0 radical (unpaired) electrons. The Labute approximate surface area is 385 Å². The number of esters is 2. The number of carbonyl (C=O) groups is 5. The van der Waals surface area contributed by atoms with E-state index in [-0.39, 0.29) is 50.2 Å². The normalized spacial score (nSPS) is 29.7. The molecule has 0 unspecified atom stereocenters. The lowest BCUT2D eigenvalue weighted by Crippen LogP contribution is -2.60. The van der Waals surface area contributed by atoms with E-state index in [1.54, 1.807) is 48.1 Å². The van der Waals surface area contributed by atoms with Gasteiger partial charge in [-0.1, -0.05) is 62.4 Å². The molecule has 9 atom stereocenters. The second-order valence-electron chi connectivity index (χ2n) is 20.1. The van der Waals surface area contributed by atoms with Crippen molar-refractivity contribution in [1.82, 2.24) is 14.7 Å². The topological polar surface area (TPSA) is 160 Å². The van der Waals surface area contributed by atoms with Gasteiger partial charge in [0.25, 0.3) is 0 Å². The van der Waals surface area contributed by atoms with Gasteiger partial charge in [0.05, 0.1) is 35.5 Å². The van der Waals surface area contributed by atoms with Crippen molar-refractivity contribution in [3.8, 4) is 0 Å². The van der Waals surface area contributed by atoms with E-state index in [1.807, 2.05) is 96.9 Å². The van der Waals surface area contributed by atoms with Gasteiger partial charge in [-0.25, -0.2) is 14.4 Å². The molecule has 0 N–H and O–H groups in total. The molecular weight excluding hydrogens is 835 g/mol. The Kier molecular flexibility index (Phi) is 17.3. The van der Waals surface area contributed by atoms with E-state index in [0.29, 0.717) is 37.9 Å². The van der Waals surface area contributed by atoms with Crippen LogP contribution in [0.1, 0.15) is 104 Å². The van der Waals surface area contributed by atoms with Crippen LogP contribution in [0.2, 0.25) is 0 Å². The summed E-state index contributed by atoms with van der Waals surface area (Å²) in [5, 5.41) is 0. The molecule has 3 heterocycles. The maximum absolute atomic E-state index is 14.9. The lowest BCUT2D eigenvalue weighted by atomic mass is 9.74. The molecule has 0 bridgehead atoms. The first-order valence-electron chi connectivity index (χ1n) is 23.0. The molecule has 0 aromatic heterocycles. The molecule has 3 saturated heterocycles. The van der Waals surface area contributed by atoms with Crippen LogP contribution >= 0.6 is 0 Å². The van der Waals surface area contributed by atoms with Gasteiger partial charge >= 0.3 is 24.1 Å². The molecule has 5 rings (SSSR count). The third-order valence-corrected chi connectivity index (χ3v) is 13.1. The minimum atomic E-state index is -1.68. The third-order valence-electron chi connectivity index (χ3n) is 13.1. The molecule has 3 aliphatic heterocycles. The number of methoxy groups -OCH3 is 1. The maximum atomic E-state index is 14.9. The summed E-state index contributed by atoms with van der Waals surface area (Å²) >= 11 is 0. The molecule has 3 aliphatic rings. The van der Waals surface area contributed by atoms with Gasteiger partial charge in [0.1, 0.15) is 24.2 Å². The molecule has 0 spiro atoms. The van der Waals surface area contributed by atoms with Crippen LogP contribution < -0.4 is 0 Å². The maximum Gasteiger partial charge on any atom is 0.410 e.